The lowest BCUT2D eigenvalue weighted by Gasteiger charge is -2.06. The molecule has 0 aliphatic carbocycles. The van der Waals surface area contributed by atoms with E-state index in [9.17, 15) is 4.79 Å². The standard InChI is InChI=1S/C19H25N7OS/c1-5-20-16-22-17(21-6-2)26-18(23-16)24-19(25-26)28-11-15(27)14-9-7-13(8-10-14)12(3)4/h7-10,12H,5-6,11H2,1-4H3,(H2,20,21,22,23,24,25). The second kappa shape index (κ2) is 9.01. The highest BCUT2D eigenvalue weighted by molar-refractivity contribution is 7.99. The molecule has 8 nitrogen and oxygen atoms in total. The van der Waals surface area contributed by atoms with E-state index < -0.39 is 0 Å². The summed E-state index contributed by atoms with van der Waals surface area (Å²) in [7, 11) is 0. The van der Waals surface area contributed by atoms with Gasteiger partial charge < -0.3 is 10.6 Å². The van der Waals surface area contributed by atoms with Gasteiger partial charge in [0, 0.05) is 18.7 Å². The van der Waals surface area contributed by atoms with E-state index in [-0.39, 0.29) is 11.5 Å². The van der Waals surface area contributed by atoms with Gasteiger partial charge >= 0.3 is 0 Å². The van der Waals surface area contributed by atoms with E-state index >= 15 is 0 Å². The zero-order chi connectivity index (χ0) is 20.1. The van der Waals surface area contributed by atoms with Crippen molar-refractivity contribution in [3.63, 3.8) is 0 Å². The number of aromatic nitrogens is 5. The first kappa shape index (κ1) is 20.1. The third-order valence-corrected chi connectivity index (χ3v) is 4.93. The number of anilines is 2. The Morgan fingerprint density at radius 2 is 1.79 bits per heavy atom. The van der Waals surface area contributed by atoms with Gasteiger partial charge in [-0.1, -0.05) is 49.9 Å². The van der Waals surface area contributed by atoms with Crippen LogP contribution in [0.25, 0.3) is 5.78 Å². The number of rotatable bonds is 9. The predicted octanol–water partition coefficient (Wildman–Crippen LogP) is 3.48. The zero-order valence-corrected chi connectivity index (χ0v) is 17.4. The molecule has 2 aromatic heterocycles. The fourth-order valence-corrected chi connectivity index (χ4v) is 3.32. The van der Waals surface area contributed by atoms with Crippen LogP contribution in [-0.2, 0) is 0 Å². The van der Waals surface area contributed by atoms with Crippen LogP contribution in [0.15, 0.2) is 29.4 Å². The highest BCUT2D eigenvalue weighted by Crippen LogP contribution is 2.20. The number of nitrogens with one attached hydrogen (secondary N) is 2. The molecule has 28 heavy (non-hydrogen) atoms. The van der Waals surface area contributed by atoms with Crippen LogP contribution in [0.3, 0.4) is 0 Å². The quantitative estimate of drug-likeness (QED) is 0.417. The lowest BCUT2D eigenvalue weighted by atomic mass is 10.0. The van der Waals surface area contributed by atoms with Crippen LogP contribution in [0.5, 0.6) is 0 Å². The number of hydrogen-bond acceptors (Lipinski definition) is 8. The van der Waals surface area contributed by atoms with Gasteiger partial charge in [0.1, 0.15) is 0 Å². The van der Waals surface area contributed by atoms with Gasteiger partial charge in [-0.25, -0.2) is 0 Å². The Bertz CT molecular complexity index is 953. The van der Waals surface area contributed by atoms with Gasteiger partial charge in [0.15, 0.2) is 5.78 Å². The molecule has 3 aromatic rings. The van der Waals surface area contributed by atoms with Gasteiger partial charge in [-0.3, -0.25) is 4.79 Å². The average Bonchev–Trinajstić information content (AvgIpc) is 3.10. The SMILES string of the molecule is CCNc1nc(NCC)n2nc(SCC(=O)c3ccc(C(C)C)cc3)nc2n1. The van der Waals surface area contributed by atoms with E-state index in [1.165, 1.54) is 17.3 Å². The molecular formula is C19H25N7OS. The van der Waals surface area contributed by atoms with Gasteiger partial charge in [0.05, 0.1) is 5.75 Å². The summed E-state index contributed by atoms with van der Waals surface area (Å²) in [6.45, 7) is 9.63. The first-order valence-electron chi connectivity index (χ1n) is 9.40. The average molecular weight is 400 g/mol. The summed E-state index contributed by atoms with van der Waals surface area (Å²) in [5.74, 6) is 2.26. The maximum absolute atomic E-state index is 12.5. The molecule has 2 N–H and O–H groups in total. The molecule has 0 amide bonds. The predicted molar refractivity (Wildman–Crippen MR) is 112 cm³/mol. The molecule has 2 heterocycles. The summed E-state index contributed by atoms with van der Waals surface area (Å²) in [5.41, 5.74) is 1.92. The van der Waals surface area contributed by atoms with Crippen molar-refractivity contribution in [1.29, 1.82) is 0 Å². The highest BCUT2D eigenvalue weighted by Gasteiger charge is 2.14. The maximum Gasteiger partial charge on any atom is 0.259 e. The molecule has 0 radical (unpaired) electrons. The number of benzene rings is 1. The minimum atomic E-state index is 0.0468. The summed E-state index contributed by atoms with van der Waals surface area (Å²) in [6.07, 6.45) is 0. The third-order valence-electron chi connectivity index (χ3n) is 4.09. The maximum atomic E-state index is 12.5. The number of ketones is 1. The Morgan fingerprint density at radius 1 is 1.07 bits per heavy atom. The third kappa shape index (κ3) is 4.59. The van der Waals surface area contributed by atoms with Gasteiger partial charge in [-0.05, 0) is 25.3 Å². The number of thioether (sulfide) groups is 1. The van der Waals surface area contributed by atoms with Crippen molar-refractivity contribution in [2.45, 2.75) is 38.8 Å². The van der Waals surface area contributed by atoms with Gasteiger partial charge in [0.25, 0.3) is 5.78 Å². The largest absolute Gasteiger partial charge is 0.354 e. The molecule has 0 saturated carbocycles. The Labute approximate surface area is 168 Å². The Kier molecular flexibility index (Phi) is 6.45. The van der Waals surface area contributed by atoms with Gasteiger partial charge in [-0.15, -0.1) is 5.10 Å². The molecule has 9 heteroatoms. The van der Waals surface area contributed by atoms with Crippen molar-refractivity contribution < 1.29 is 4.79 Å². The summed E-state index contributed by atoms with van der Waals surface area (Å²) in [6, 6.07) is 7.78. The van der Waals surface area contributed by atoms with Gasteiger partial charge in [-0.2, -0.15) is 19.5 Å². The fraction of sp³-hybridized carbons (Fsp3) is 0.421. The number of fused-ring (bicyclic) bond motifs is 1. The Hall–Kier alpha value is -2.68. The Morgan fingerprint density at radius 3 is 2.43 bits per heavy atom. The van der Waals surface area contributed by atoms with Crippen LogP contribution in [0, 0.1) is 0 Å². The topological polar surface area (TPSA) is 97.1 Å². The minimum absolute atomic E-state index is 0.0468. The monoisotopic (exact) mass is 399 g/mol. The zero-order valence-electron chi connectivity index (χ0n) is 16.6. The van der Waals surface area contributed by atoms with Crippen molar-refractivity contribution in [3.8, 4) is 0 Å². The molecule has 0 fully saturated rings. The van der Waals surface area contributed by atoms with Crippen LogP contribution < -0.4 is 10.6 Å². The van der Waals surface area contributed by atoms with Crippen molar-refractivity contribution in [3.05, 3.63) is 35.4 Å². The number of nitrogens with zero attached hydrogens (tertiary/aromatic N) is 5. The molecule has 0 aliphatic rings. The normalized spacial score (nSPS) is 11.2. The second-order valence-electron chi connectivity index (χ2n) is 6.53. The van der Waals surface area contributed by atoms with Crippen molar-refractivity contribution in [1.82, 2.24) is 24.6 Å². The van der Waals surface area contributed by atoms with E-state index in [1.54, 1.807) is 4.52 Å². The molecule has 148 valence electrons. The van der Waals surface area contributed by atoms with Crippen LogP contribution in [0.4, 0.5) is 11.9 Å². The molecule has 0 saturated heterocycles. The van der Waals surface area contributed by atoms with E-state index in [0.717, 1.165) is 0 Å². The van der Waals surface area contributed by atoms with Crippen LogP contribution in [0.2, 0.25) is 0 Å². The summed E-state index contributed by atoms with van der Waals surface area (Å²) in [4.78, 5) is 25.7. The van der Waals surface area contributed by atoms with E-state index in [2.05, 4.69) is 44.5 Å². The lowest BCUT2D eigenvalue weighted by molar-refractivity contribution is 0.102. The van der Waals surface area contributed by atoms with E-state index in [1.807, 2.05) is 38.1 Å². The fourth-order valence-electron chi connectivity index (χ4n) is 2.61. The van der Waals surface area contributed by atoms with Crippen molar-refractivity contribution in [2.75, 3.05) is 29.5 Å². The van der Waals surface area contributed by atoms with Crippen molar-refractivity contribution in [2.24, 2.45) is 0 Å². The molecule has 1 aromatic carbocycles. The molecule has 0 bridgehead atoms. The van der Waals surface area contributed by atoms with Crippen LogP contribution in [0.1, 0.15) is 49.5 Å². The summed E-state index contributed by atoms with van der Waals surface area (Å²) >= 11 is 1.30. The lowest BCUT2D eigenvalue weighted by Crippen LogP contribution is -2.11. The number of hydrogen-bond donors (Lipinski definition) is 2. The molecular weight excluding hydrogens is 374 g/mol. The summed E-state index contributed by atoms with van der Waals surface area (Å²) < 4.78 is 1.56. The second-order valence-corrected chi connectivity index (χ2v) is 7.47. The molecule has 0 spiro atoms. The Balaban J connectivity index is 1.74. The molecule has 0 atom stereocenters. The van der Waals surface area contributed by atoms with E-state index in [0.29, 0.717) is 47.4 Å². The number of carbonyl (C=O) groups excluding carboxylic acids is 1. The summed E-state index contributed by atoms with van der Waals surface area (Å²) in [5, 5.41) is 11.2. The van der Waals surface area contributed by atoms with Crippen LogP contribution >= 0.6 is 11.8 Å². The molecule has 0 aliphatic heterocycles. The minimum Gasteiger partial charge on any atom is -0.354 e. The number of carbonyl (C=O) groups is 1. The van der Waals surface area contributed by atoms with Crippen molar-refractivity contribution >= 4 is 35.2 Å². The van der Waals surface area contributed by atoms with Gasteiger partial charge in [0.2, 0.25) is 17.1 Å². The van der Waals surface area contributed by atoms with Crippen LogP contribution in [-0.4, -0.2) is 49.2 Å². The first-order valence-corrected chi connectivity index (χ1v) is 10.4. The smallest absolute Gasteiger partial charge is 0.259 e. The van der Waals surface area contributed by atoms with E-state index in [4.69, 9.17) is 0 Å². The first-order chi connectivity index (χ1) is 13.5. The molecule has 0 unspecified atom stereocenters. The number of Topliss-reactive ketones (excluding diaryl/α,β-unsaturated/α-hetero) is 1. The molecule has 3 rings (SSSR count). The highest BCUT2D eigenvalue weighted by atomic mass is 32.2.